The smallest absolute Gasteiger partial charge is 0.264 e. The first kappa shape index (κ1) is 17.7. The monoisotopic (exact) mass is 341 g/mol. The predicted molar refractivity (Wildman–Crippen MR) is 86.6 cm³/mol. The first-order chi connectivity index (χ1) is 10.7. The summed E-state index contributed by atoms with van der Waals surface area (Å²) in [5.41, 5.74) is 1.01. The van der Waals surface area contributed by atoms with Gasteiger partial charge in [0.25, 0.3) is 10.1 Å². The van der Waals surface area contributed by atoms with Crippen molar-refractivity contribution in [3.8, 4) is 5.75 Å². The quantitative estimate of drug-likeness (QED) is 0.740. The van der Waals surface area contributed by atoms with Crippen molar-refractivity contribution in [1.82, 2.24) is 4.90 Å². The third-order valence-corrected chi connectivity index (χ3v) is 4.90. The number of rotatable bonds is 6. The van der Waals surface area contributed by atoms with Gasteiger partial charge in [0.05, 0.1) is 25.5 Å². The molecule has 1 fully saturated rings. The zero-order chi connectivity index (χ0) is 17.2. The van der Waals surface area contributed by atoms with Crippen LogP contribution in [0.1, 0.15) is 31.9 Å². The third-order valence-electron chi connectivity index (χ3n) is 4.24. The van der Waals surface area contributed by atoms with Crippen molar-refractivity contribution in [3.05, 3.63) is 29.8 Å². The fourth-order valence-corrected chi connectivity index (χ4v) is 3.57. The van der Waals surface area contributed by atoms with Gasteiger partial charge in [0.2, 0.25) is 5.91 Å². The molecule has 6 nitrogen and oxygen atoms in total. The van der Waals surface area contributed by atoms with Gasteiger partial charge in [0, 0.05) is 18.9 Å². The van der Waals surface area contributed by atoms with Crippen LogP contribution in [0.15, 0.2) is 24.3 Å². The Morgan fingerprint density at radius 2 is 1.83 bits per heavy atom. The van der Waals surface area contributed by atoms with E-state index in [9.17, 15) is 13.2 Å². The predicted octanol–water partition coefficient (Wildman–Crippen LogP) is 1.97. The molecule has 7 heteroatoms. The average Bonchev–Trinajstić information content (AvgIpc) is 2.87. The summed E-state index contributed by atoms with van der Waals surface area (Å²) in [7, 11) is -1.91. The molecule has 0 bridgehead atoms. The number of amides is 1. The van der Waals surface area contributed by atoms with Gasteiger partial charge in [-0.15, -0.1) is 0 Å². The number of carbonyl (C=O) groups is 1. The number of benzene rings is 1. The molecule has 23 heavy (non-hydrogen) atoms. The molecule has 1 heterocycles. The minimum absolute atomic E-state index is 0.0160. The Hall–Kier alpha value is -1.60. The zero-order valence-electron chi connectivity index (χ0n) is 13.9. The van der Waals surface area contributed by atoms with Crippen LogP contribution < -0.4 is 4.74 Å². The van der Waals surface area contributed by atoms with E-state index in [1.807, 2.05) is 31.2 Å². The van der Waals surface area contributed by atoms with Gasteiger partial charge in [0.15, 0.2) is 0 Å². The molecule has 0 radical (unpaired) electrons. The van der Waals surface area contributed by atoms with Crippen molar-refractivity contribution in [1.29, 1.82) is 0 Å². The van der Waals surface area contributed by atoms with E-state index in [1.165, 1.54) is 0 Å². The highest BCUT2D eigenvalue weighted by molar-refractivity contribution is 7.86. The van der Waals surface area contributed by atoms with Crippen LogP contribution in [0.25, 0.3) is 0 Å². The maximum Gasteiger partial charge on any atom is 0.264 e. The highest BCUT2D eigenvalue weighted by Gasteiger charge is 2.37. The number of nitrogens with zero attached hydrogens (tertiary/aromatic N) is 1. The number of hydrogen-bond donors (Lipinski definition) is 0. The maximum absolute atomic E-state index is 12.3. The van der Waals surface area contributed by atoms with Gasteiger partial charge in [-0.05, 0) is 31.5 Å². The van der Waals surface area contributed by atoms with E-state index in [-0.39, 0.29) is 17.9 Å². The standard InChI is InChI=1S/C16H23NO5S/c1-11(13-5-7-15(21-3)8-6-13)17-10-14(9-16(17)18)12(2)22-23(4,19)20/h5-8,11-12,14H,9-10H2,1-4H3/t11-,12+,14-/m1/s1. The number of carbonyl (C=O) groups excluding carboxylic acids is 1. The molecule has 2 rings (SSSR count). The van der Waals surface area contributed by atoms with Gasteiger partial charge in [-0.25, -0.2) is 0 Å². The highest BCUT2D eigenvalue weighted by atomic mass is 32.2. The van der Waals surface area contributed by atoms with Gasteiger partial charge in [-0.3, -0.25) is 8.98 Å². The average molecular weight is 341 g/mol. The summed E-state index contributed by atoms with van der Waals surface area (Å²) in [5.74, 6) is 0.655. The molecule has 1 aromatic rings. The van der Waals surface area contributed by atoms with Crippen molar-refractivity contribution in [3.63, 3.8) is 0 Å². The number of hydrogen-bond acceptors (Lipinski definition) is 5. The lowest BCUT2D eigenvalue weighted by atomic mass is 10.0. The van der Waals surface area contributed by atoms with Crippen LogP contribution in [0, 0.1) is 5.92 Å². The number of methoxy groups -OCH3 is 1. The summed E-state index contributed by atoms with van der Waals surface area (Å²) in [5, 5.41) is 0. The molecular weight excluding hydrogens is 318 g/mol. The topological polar surface area (TPSA) is 72.9 Å². The van der Waals surface area contributed by atoms with E-state index in [0.29, 0.717) is 13.0 Å². The highest BCUT2D eigenvalue weighted by Crippen LogP contribution is 2.31. The Balaban J connectivity index is 2.06. The van der Waals surface area contributed by atoms with Crippen LogP contribution >= 0.6 is 0 Å². The molecule has 0 aliphatic carbocycles. The number of likely N-dealkylation sites (tertiary alicyclic amines) is 1. The normalized spacial score (nSPS) is 21.3. The van der Waals surface area contributed by atoms with Crippen LogP contribution in [-0.2, 0) is 19.1 Å². The van der Waals surface area contributed by atoms with Crippen LogP contribution in [0.4, 0.5) is 0 Å². The van der Waals surface area contributed by atoms with Crippen molar-refractivity contribution in [2.45, 2.75) is 32.4 Å². The van der Waals surface area contributed by atoms with E-state index in [4.69, 9.17) is 8.92 Å². The SMILES string of the molecule is COc1ccc([C@@H](C)N2C[C@H]([C@H](C)OS(C)(=O)=O)CC2=O)cc1. The lowest BCUT2D eigenvalue weighted by Crippen LogP contribution is -2.30. The Kier molecular flexibility index (Phi) is 5.31. The molecule has 128 valence electrons. The molecule has 1 saturated heterocycles. The van der Waals surface area contributed by atoms with Gasteiger partial charge < -0.3 is 9.64 Å². The lowest BCUT2D eigenvalue weighted by Gasteiger charge is -2.26. The molecule has 0 saturated carbocycles. The Morgan fingerprint density at radius 1 is 1.22 bits per heavy atom. The molecule has 1 aliphatic heterocycles. The minimum Gasteiger partial charge on any atom is -0.497 e. The van der Waals surface area contributed by atoms with Gasteiger partial charge in [0.1, 0.15) is 5.75 Å². The fraction of sp³-hybridized carbons (Fsp3) is 0.562. The maximum atomic E-state index is 12.3. The largest absolute Gasteiger partial charge is 0.497 e. The van der Waals surface area contributed by atoms with E-state index in [1.54, 1.807) is 18.9 Å². The van der Waals surface area contributed by atoms with Crippen LogP contribution in [0.2, 0.25) is 0 Å². The Labute approximate surface area is 137 Å². The summed E-state index contributed by atoms with van der Waals surface area (Å²) in [6.07, 6.45) is 0.817. The van der Waals surface area contributed by atoms with Crippen molar-refractivity contribution in [2.24, 2.45) is 5.92 Å². The molecule has 0 N–H and O–H groups in total. The molecule has 0 spiro atoms. The molecule has 1 aliphatic rings. The third kappa shape index (κ3) is 4.45. The Morgan fingerprint density at radius 3 is 2.35 bits per heavy atom. The van der Waals surface area contributed by atoms with Gasteiger partial charge in [-0.1, -0.05) is 12.1 Å². The second kappa shape index (κ2) is 6.88. The summed E-state index contributed by atoms with van der Waals surface area (Å²) in [6, 6.07) is 7.50. The van der Waals surface area contributed by atoms with Gasteiger partial charge >= 0.3 is 0 Å². The Bertz CT molecular complexity index is 656. The van der Waals surface area contributed by atoms with E-state index in [2.05, 4.69) is 0 Å². The first-order valence-corrected chi connectivity index (χ1v) is 9.34. The molecular formula is C16H23NO5S. The molecule has 0 unspecified atom stereocenters. The number of ether oxygens (including phenoxy) is 1. The second-order valence-corrected chi connectivity index (χ2v) is 7.57. The van der Waals surface area contributed by atoms with Crippen LogP contribution in [0.5, 0.6) is 5.75 Å². The van der Waals surface area contributed by atoms with Crippen LogP contribution in [-0.4, -0.2) is 45.2 Å². The summed E-state index contributed by atoms with van der Waals surface area (Å²) in [6.45, 7) is 4.15. The molecule has 1 aromatic carbocycles. The molecule has 0 aromatic heterocycles. The lowest BCUT2D eigenvalue weighted by molar-refractivity contribution is -0.129. The van der Waals surface area contributed by atoms with Crippen molar-refractivity contribution < 1.29 is 22.1 Å². The first-order valence-electron chi connectivity index (χ1n) is 7.53. The van der Waals surface area contributed by atoms with Crippen LogP contribution in [0.3, 0.4) is 0 Å². The summed E-state index contributed by atoms with van der Waals surface area (Å²) < 4.78 is 32.6. The van der Waals surface area contributed by atoms with Crippen molar-refractivity contribution >= 4 is 16.0 Å². The fourth-order valence-electron chi connectivity index (χ4n) is 2.87. The van der Waals surface area contributed by atoms with E-state index in [0.717, 1.165) is 17.6 Å². The van der Waals surface area contributed by atoms with Crippen molar-refractivity contribution in [2.75, 3.05) is 19.9 Å². The summed E-state index contributed by atoms with van der Waals surface area (Å²) >= 11 is 0. The van der Waals surface area contributed by atoms with E-state index < -0.39 is 16.2 Å². The van der Waals surface area contributed by atoms with Gasteiger partial charge in [-0.2, -0.15) is 8.42 Å². The molecule has 1 amide bonds. The molecule has 3 atom stereocenters. The second-order valence-electron chi connectivity index (χ2n) is 5.96. The van der Waals surface area contributed by atoms with E-state index >= 15 is 0 Å². The minimum atomic E-state index is -3.52. The zero-order valence-corrected chi connectivity index (χ0v) is 14.7. The summed E-state index contributed by atoms with van der Waals surface area (Å²) in [4.78, 5) is 14.1.